The average Bonchev–Trinajstić information content (AvgIpc) is 2.61. The van der Waals surface area contributed by atoms with Crippen molar-refractivity contribution in [1.29, 1.82) is 0 Å². The van der Waals surface area contributed by atoms with Gasteiger partial charge in [0.2, 0.25) is 0 Å². The molecule has 0 bridgehead atoms. The zero-order valence-electron chi connectivity index (χ0n) is 7.95. The van der Waals surface area contributed by atoms with E-state index in [4.69, 9.17) is 17.3 Å². The Balaban J connectivity index is 2.59. The van der Waals surface area contributed by atoms with Gasteiger partial charge in [-0.3, -0.25) is 0 Å². The summed E-state index contributed by atoms with van der Waals surface area (Å²) in [4.78, 5) is 16.4. The SMILES string of the molecule is O=C(O)c1[nH]c(=S)[nH]c1-c1ccc(Br)cc1. The van der Waals surface area contributed by atoms with Gasteiger partial charge in [-0.25, -0.2) is 4.79 Å². The van der Waals surface area contributed by atoms with Gasteiger partial charge in [0.1, 0.15) is 0 Å². The summed E-state index contributed by atoms with van der Waals surface area (Å²) in [5, 5.41) is 8.99. The standard InChI is InChI=1S/C10H7BrN2O2S/c11-6-3-1-5(2-4-6)7-8(9(14)15)13-10(16)12-7/h1-4H,(H,14,15)(H2,12,13,16). The topological polar surface area (TPSA) is 68.9 Å². The quantitative estimate of drug-likeness (QED) is 0.746. The second kappa shape index (κ2) is 4.23. The van der Waals surface area contributed by atoms with Crippen LogP contribution in [0.4, 0.5) is 0 Å². The zero-order chi connectivity index (χ0) is 11.7. The summed E-state index contributed by atoms with van der Waals surface area (Å²) in [6.07, 6.45) is 0. The molecule has 1 aromatic carbocycles. The molecular formula is C10H7BrN2O2S. The van der Waals surface area contributed by atoms with Crippen LogP contribution >= 0.6 is 28.1 Å². The largest absolute Gasteiger partial charge is 0.477 e. The van der Waals surface area contributed by atoms with Crippen LogP contribution in [0.25, 0.3) is 11.3 Å². The van der Waals surface area contributed by atoms with E-state index in [1.165, 1.54) is 0 Å². The van der Waals surface area contributed by atoms with E-state index < -0.39 is 5.97 Å². The highest BCUT2D eigenvalue weighted by Crippen LogP contribution is 2.22. The van der Waals surface area contributed by atoms with Crippen molar-refractivity contribution in [1.82, 2.24) is 9.97 Å². The van der Waals surface area contributed by atoms with Crippen molar-refractivity contribution < 1.29 is 9.90 Å². The lowest BCUT2D eigenvalue weighted by atomic mass is 10.1. The first-order valence-corrected chi connectivity index (χ1v) is 5.59. The number of benzene rings is 1. The van der Waals surface area contributed by atoms with Crippen molar-refractivity contribution in [2.45, 2.75) is 0 Å². The van der Waals surface area contributed by atoms with E-state index in [0.717, 1.165) is 10.0 Å². The lowest BCUT2D eigenvalue weighted by molar-refractivity contribution is 0.0692. The van der Waals surface area contributed by atoms with Crippen molar-refractivity contribution >= 4 is 34.1 Å². The number of carbonyl (C=O) groups is 1. The van der Waals surface area contributed by atoms with Gasteiger partial charge in [-0.05, 0) is 24.4 Å². The summed E-state index contributed by atoms with van der Waals surface area (Å²) in [6.45, 7) is 0. The molecule has 4 nitrogen and oxygen atoms in total. The Morgan fingerprint density at radius 1 is 1.25 bits per heavy atom. The Labute approximate surface area is 104 Å². The van der Waals surface area contributed by atoms with Crippen LogP contribution in [0, 0.1) is 4.77 Å². The Morgan fingerprint density at radius 3 is 2.44 bits per heavy atom. The molecule has 0 aliphatic rings. The van der Waals surface area contributed by atoms with Crippen molar-refractivity contribution in [3.05, 3.63) is 39.2 Å². The molecule has 0 saturated carbocycles. The molecule has 0 radical (unpaired) electrons. The minimum Gasteiger partial charge on any atom is -0.477 e. The monoisotopic (exact) mass is 298 g/mol. The lowest BCUT2D eigenvalue weighted by Gasteiger charge is -1.99. The van der Waals surface area contributed by atoms with E-state index in [1.807, 2.05) is 24.3 Å². The van der Waals surface area contributed by atoms with Crippen LogP contribution in [0.5, 0.6) is 0 Å². The summed E-state index contributed by atoms with van der Waals surface area (Å²) in [7, 11) is 0. The summed E-state index contributed by atoms with van der Waals surface area (Å²) in [6, 6.07) is 7.30. The van der Waals surface area contributed by atoms with Crippen LogP contribution in [-0.4, -0.2) is 21.0 Å². The molecule has 3 N–H and O–H groups in total. The third-order valence-corrected chi connectivity index (χ3v) is 2.81. The van der Waals surface area contributed by atoms with Gasteiger partial charge in [0.05, 0.1) is 5.69 Å². The van der Waals surface area contributed by atoms with Crippen molar-refractivity contribution in [3.63, 3.8) is 0 Å². The van der Waals surface area contributed by atoms with Crippen molar-refractivity contribution in [3.8, 4) is 11.3 Å². The predicted octanol–water partition coefficient (Wildman–Crippen LogP) is 3.20. The summed E-state index contributed by atoms with van der Waals surface area (Å²) < 4.78 is 1.23. The summed E-state index contributed by atoms with van der Waals surface area (Å²) in [5.41, 5.74) is 1.34. The maximum atomic E-state index is 11.0. The van der Waals surface area contributed by atoms with Gasteiger partial charge in [0.25, 0.3) is 0 Å². The number of H-pyrrole nitrogens is 2. The highest BCUT2D eigenvalue weighted by atomic mass is 79.9. The molecule has 1 aromatic heterocycles. The number of rotatable bonds is 2. The van der Waals surface area contributed by atoms with Gasteiger partial charge < -0.3 is 15.1 Å². The van der Waals surface area contributed by atoms with E-state index in [9.17, 15) is 4.79 Å². The molecule has 16 heavy (non-hydrogen) atoms. The smallest absolute Gasteiger partial charge is 0.354 e. The molecule has 2 rings (SSSR count). The molecule has 1 heterocycles. The molecule has 0 atom stereocenters. The van der Waals surface area contributed by atoms with Crippen LogP contribution in [0.3, 0.4) is 0 Å². The molecule has 82 valence electrons. The third-order valence-electron chi connectivity index (χ3n) is 2.07. The second-order valence-electron chi connectivity index (χ2n) is 3.14. The first-order valence-electron chi connectivity index (χ1n) is 4.39. The molecule has 0 saturated heterocycles. The lowest BCUT2D eigenvalue weighted by Crippen LogP contribution is -1.98. The molecule has 0 aliphatic heterocycles. The number of aromatic amines is 2. The van der Waals surface area contributed by atoms with Crippen LogP contribution in [0.15, 0.2) is 28.7 Å². The van der Waals surface area contributed by atoms with Crippen LogP contribution in [-0.2, 0) is 0 Å². The number of halogens is 1. The molecule has 0 aliphatic carbocycles. The van der Waals surface area contributed by atoms with Crippen LogP contribution in [0.2, 0.25) is 0 Å². The Bertz CT molecular complexity index is 586. The Hall–Kier alpha value is -1.40. The van der Waals surface area contributed by atoms with E-state index in [-0.39, 0.29) is 5.69 Å². The van der Waals surface area contributed by atoms with Crippen LogP contribution < -0.4 is 0 Å². The molecular weight excluding hydrogens is 292 g/mol. The van der Waals surface area contributed by atoms with Gasteiger partial charge in [-0.1, -0.05) is 28.1 Å². The predicted molar refractivity (Wildman–Crippen MR) is 66.1 cm³/mol. The highest BCUT2D eigenvalue weighted by Gasteiger charge is 2.14. The average molecular weight is 299 g/mol. The first-order chi connectivity index (χ1) is 7.58. The number of imidazole rings is 1. The van der Waals surface area contributed by atoms with Gasteiger partial charge >= 0.3 is 5.97 Å². The molecule has 6 heteroatoms. The molecule has 2 aromatic rings. The maximum Gasteiger partial charge on any atom is 0.354 e. The Morgan fingerprint density at radius 2 is 1.88 bits per heavy atom. The first kappa shape index (κ1) is 11.1. The van der Waals surface area contributed by atoms with Gasteiger partial charge in [0.15, 0.2) is 10.5 Å². The summed E-state index contributed by atoms with van der Waals surface area (Å²) >= 11 is 8.20. The number of aromatic nitrogens is 2. The van der Waals surface area contributed by atoms with E-state index >= 15 is 0 Å². The van der Waals surface area contributed by atoms with E-state index in [1.54, 1.807) is 0 Å². The minimum atomic E-state index is -1.04. The number of carboxylic acid groups (broad SMARTS) is 1. The third kappa shape index (κ3) is 2.07. The van der Waals surface area contributed by atoms with E-state index in [2.05, 4.69) is 25.9 Å². The Kier molecular flexibility index (Phi) is 2.93. The number of nitrogens with one attached hydrogen (secondary N) is 2. The van der Waals surface area contributed by atoms with Gasteiger partial charge in [-0.15, -0.1) is 0 Å². The zero-order valence-corrected chi connectivity index (χ0v) is 10.4. The van der Waals surface area contributed by atoms with Crippen molar-refractivity contribution in [2.24, 2.45) is 0 Å². The molecule has 0 amide bonds. The second-order valence-corrected chi connectivity index (χ2v) is 4.47. The fraction of sp³-hybridized carbons (Fsp3) is 0. The number of aromatic carboxylic acids is 1. The molecule has 0 fully saturated rings. The maximum absolute atomic E-state index is 11.0. The fourth-order valence-electron chi connectivity index (χ4n) is 1.38. The van der Waals surface area contributed by atoms with Gasteiger partial charge in [-0.2, -0.15) is 0 Å². The molecule has 0 unspecified atom stereocenters. The highest BCUT2D eigenvalue weighted by molar-refractivity contribution is 9.10. The van der Waals surface area contributed by atoms with Gasteiger partial charge in [0, 0.05) is 10.0 Å². The number of hydrogen-bond donors (Lipinski definition) is 3. The summed E-state index contributed by atoms with van der Waals surface area (Å²) in [5.74, 6) is -1.04. The van der Waals surface area contributed by atoms with E-state index in [0.29, 0.717) is 10.5 Å². The number of carboxylic acids is 1. The fourth-order valence-corrected chi connectivity index (χ4v) is 1.85. The normalized spacial score (nSPS) is 10.3. The molecule has 0 spiro atoms. The van der Waals surface area contributed by atoms with Crippen LogP contribution in [0.1, 0.15) is 10.5 Å². The number of hydrogen-bond acceptors (Lipinski definition) is 2. The van der Waals surface area contributed by atoms with Crippen molar-refractivity contribution in [2.75, 3.05) is 0 Å². The minimum absolute atomic E-state index is 0.0762.